The van der Waals surface area contributed by atoms with Crippen LogP contribution in [-0.4, -0.2) is 23.5 Å². The average Bonchev–Trinajstić information content (AvgIpc) is 3.23. The molecule has 1 atom stereocenters. The molecule has 2 heterocycles. The number of amides is 1. The topological polar surface area (TPSA) is 71.2 Å². The van der Waals surface area contributed by atoms with Crippen LogP contribution in [0.25, 0.3) is 10.9 Å². The smallest absolute Gasteiger partial charge is 0.310 e. The molecule has 3 rings (SSSR count). The van der Waals surface area contributed by atoms with Crippen molar-refractivity contribution in [2.45, 2.75) is 19.4 Å². The maximum Gasteiger partial charge on any atom is 0.310 e. The zero-order chi connectivity index (χ0) is 16.9. The number of para-hydroxylation sites is 1. The number of aromatic nitrogens is 1. The van der Waals surface area contributed by atoms with Crippen LogP contribution in [0.5, 0.6) is 0 Å². The van der Waals surface area contributed by atoms with E-state index in [1.165, 1.54) is 0 Å². The number of nitrogens with one attached hydrogen (secondary N) is 2. The normalized spacial score (nSPS) is 12.0. The molecule has 1 amide bonds. The van der Waals surface area contributed by atoms with Gasteiger partial charge in [0.25, 0.3) is 5.91 Å². The number of H-pyrrole nitrogens is 1. The molecule has 0 fully saturated rings. The monoisotopic (exact) mass is 342 g/mol. The minimum Gasteiger partial charge on any atom is -0.455 e. The van der Waals surface area contributed by atoms with Crippen molar-refractivity contribution < 1.29 is 14.3 Å². The first-order valence-corrected chi connectivity index (χ1v) is 8.55. The lowest BCUT2D eigenvalue weighted by Crippen LogP contribution is -2.31. The van der Waals surface area contributed by atoms with Crippen molar-refractivity contribution in [3.05, 3.63) is 58.4 Å². The Morgan fingerprint density at radius 2 is 2.08 bits per heavy atom. The number of esters is 1. The van der Waals surface area contributed by atoms with Gasteiger partial charge < -0.3 is 15.0 Å². The van der Waals surface area contributed by atoms with E-state index in [1.807, 2.05) is 48.7 Å². The van der Waals surface area contributed by atoms with E-state index in [4.69, 9.17) is 4.74 Å². The Balaban J connectivity index is 1.49. The molecule has 24 heavy (non-hydrogen) atoms. The van der Waals surface area contributed by atoms with Gasteiger partial charge in [-0.1, -0.05) is 24.3 Å². The van der Waals surface area contributed by atoms with E-state index >= 15 is 0 Å². The number of carbonyl (C=O) groups is 2. The first-order chi connectivity index (χ1) is 11.6. The molecule has 124 valence electrons. The Morgan fingerprint density at radius 1 is 1.25 bits per heavy atom. The van der Waals surface area contributed by atoms with Crippen molar-refractivity contribution in [2.75, 3.05) is 6.61 Å². The minimum atomic E-state index is -0.418. The van der Waals surface area contributed by atoms with Gasteiger partial charge in [-0.25, -0.2) is 0 Å². The largest absolute Gasteiger partial charge is 0.455 e. The number of fused-ring (bicyclic) bond motifs is 1. The van der Waals surface area contributed by atoms with Gasteiger partial charge >= 0.3 is 5.97 Å². The predicted molar refractivity (Wildman–Crippen MR) is 93.8 cm³/mol. The van der Waals surface area contributed by atoms with Gasteiger partial charge in [-0.2, -0.15) is 0 Å². The summed E-state index contributed by atoms with van der Waals surface area (Å²) in [6.07, 6.45) is 1.93. The summed E-state index contributed by atoms with van der Waals surface area (Å²) in [5.41, 5.74) is 1.84. The van der Waals surface area contributed by atoms with Gasteiger partial charge in [0.1, 0.15) is 0 Å². The SMILES string of the molecule is C[C@H](NC(=O)COC(=O)Cc1c[nH]c2ccccc12)c1cccs1. The molecule has 0 spiro atoms. The zero-order valence-electron chi connectivity index (χ0n) is 13.2. The van der Waals surface area contributed by atoms with Gasteiger partial charge in [0.15, 0.2) is 6.61 Å². The average molecular weight is 342 g/mol. The second kappa shape index (κ2) is 7.31. The summed E-state index contributed by atoms with van der Waals surface area (Å²) < 4.78 is 5.08. The van der Waals surface area contributed by atoms with Crippen LogP contribution in [0.3, 0.4) is 0 Å². The summed E-state index contributed by atoms with van der Waals surface area (Å²) in [5.74, 6) is -0.721. The van der Waals surface area contributed by atoms with Crippen LogP contribution in [0, 0.1) is 0 Å². The van der Waals surface area contributed by atoms with Gasteiger partial charge in [-0.3, -0.25) is 9.59 Å². The maximum absolute atomic E-state index is 12.0. The third kappa shape index (κ3) is 3.83. The highest BCUT2D eigenvalue weighted by Gasteiger charge is 2.14. The van der Waals surface area contributed by atoms with E-state index in [-0.39, 0.29) is 25.0 Å². The van der Waals surface area contributed by atoms with Crippen LogP contribution in [-0.2, 0) is 20.7 Å². The summed E-state index contributed by atoms with van der Waals surface area (Å²) in [6, 6.07) is 11.5. The van der Waals surface area contributed by atoms with Crippen molar-refractivity contribution in [1.82, 2.24) is 10.3 Å². The maximum atomic E-state index is 12.0. The Morgan fingerprint density at radius 3 is 2.88 bits per heavy atom. The second-order valence-corrected chi connectivity index (χ2v) is 6.48. The minimum absolute atomic E-state index is 0.0928. The second-order valence-electron chi connectivity index (χ2n) is 5.50. The highest BCUT2D eigenvalue weighted by atomic mass is 32.1. The van der Waals surface area contributed by atoms with Crippen molar-refractivity contribution in [3.8, 4) is 0 Å². The van der Waals surface area contributed by atoms with Gasteiger partial charge in [0, 0.05) is 22.0 Å². The lowest BCUT2D eigenvalue weighted by atomic mass is 10.1. The predicted octanol–water partition coefficient (Wildman–Crippen LogP) is 3.19. The third-order valence-electron chi connectivity index (χ3n) is 3.72. The highest BCUT2D eigenvalue weighted by Crippen LogP contribution is 2.19. The van der Waals surface area contributed by atoms with E-state index in [0.717, 1.165) is 21.3 Å². The Hall–Kier alpha value is -2.60. The van der Waals surface area contributed by atoms with Crippen LogP contribution < -0.4 is 5.32 Å². The number of rotatable bonds is 6. The summed E-state index contributed by atoms with van der Waals surface area (Å²) >= 11 is 1.58. The number of thiophene rings is 1. The quantitative estimate of drug-likeness (QED) is 0.676. The first kappa shape index (κ1) is 16.3. The molecule has 0 aliphatic rings. The molecule has 0 bridgehead atoms. The molecule has 0 aliphatic carbocycles. The van der Waals surface area contributed by atoms with E-state index in [9.17, 15) is 9.59 Å². The molecule has 3 aromatic rings. The number of carbonyl (C=O) groups excluding carboxylic acids is 2. The molecular weight excluding hydrogens is 324 g/mol. The van der Waals surface area contributed by atoms with Gasteiger partial charge in [0.05, 0.1) is 12.5 Å². The van der Waals surface area contributed by atoms with Crippen LogP contribution in [0.4, 0.5) is 0 Å². The lowest BCUT2D eigenvalue weighted by Gasteiger charge is -2.12. The third-order valence-corrected chi connectivity index (χ3v) is 4.78. The first-order valence-electron chi connectivity index (χ1n) is 7.67. The van der Waals surface area contributed by atoms with Crippen LogP contribution in [0.2, 0.25) is 0 Å². The van der Waals surface area contributed by atoms with Crippen molar-refractivity contribution in [2.24, 2.45) is 0 Å². The number of aromatic amines is 1. The summed E-state index contributed by atoms with van der Waals surface area (Å²) in [6.45, 7) is 1.63. The van der Waals surface area contributed by atoms with Crippen LogP contribution in [0.15, 0.2) is 48.0 Å². The molecule has 0 saturated carbocycles. The highest BCUT2D eigenvalue weighted by molar-refractivity contribution is 7.10. The van der Waals surface area contributed by atoms with E-state index in [1.54, 1.807) is 17.5 Å². The zero-order valence-corrected chi connectivity index (χ0v) is 14.1. The molecule has 6 heteroatoms. The van der Waals surface area contributed by atoms with Crippen molar-refractivity contribution >= 4 is 34.1 Å². The van der Waals surface area contributed by atoms with E-state index < -0.39 is 5.97 Å². The molecular formula is C18H18N2O3S. The fourth-order valence-electron chi connectivity index (χ4n) is 2.52. The van der Waals surface area contributed by atoms with Crippen molar-refractivity contribution in [1.29, 1.82) is 0 Å². The lowest BCUT2D eigenvalue weighted by molar-refractivity contribution is -0.148. The molecule has 0 saturated heterocycles. The fraction of sp³-hybridized carbons (Fsp3) is 0.222. The number of hydrogen-bond acceptors (Lipinski definition) is 4. The molecule has 5 nitrogen and oxygen atoms in total. The number of ether oxygens (including phenoxy) is 1. The Kier molecular flexibility index (Phi) is 4.96. The van der Waals surface area contributed by atoms with Crippen LogP contribution in [0.1, 0.15) is 23.4 Å². The standard InChI is InChI=1S/C18H18N2O3S/c1-12(16-7-4-8-24-16)20-17(21)11-23-18(22)9-13-10-19-15-6-3-2-5-14(13)15/h2-8,10,12,19H,9,11H2,1H3,(H,20,21)/t12-/m0/s1. The van der Waals surface area contributed by atoms with Gasteiger partial charge in [-0.05, 0) is 30.0 Å². The van der Waals surface area contributed by atoms with Crippen LogP contribution >= 0.6 is 11.3 Å². The van der Waals surface area contributed by atoms with Crippen molar-refractivity contribution in [3.63, 3.8) is 0 Å². The molecule has 0 unspecified atom stereocenters. The Bertz CT molecular complexity index is 839. The van der Waals surface area contributed by atoms with Gasteiger partial charge in [0.2, 0.25) is 0 Å². The summed E-state index contributed by atoms with van der Waals surface area (Å²) in [5, 5.41) is 5.76. The summed E-state index contributed by atoms with van der Waals surface area (Å²) in [7, 11) is 0. The molecule has 0 radical (unpaired) electrons. The van der Waals surface area contributed by atoms with E-state index in [0.29, 0.717) is 0 Å². The van der Waals surface area contributed by atoms with Gasteiger partial charge in [-0.15, -0.1) is 11.3 Å². The summed E-state index contributed by atoms with van der Waals surface area (Å²) in [4.78, 5) is 28.0. The fourth-order valence-corrected chi connectivity index (χ4v) is 3.26. The number of hydrogen-bond donors (Lipinski definition) is 2. The molecule has 2 N–H and O–H groups in total. The Labute approximate surface area is 143 Å². The number of benzene rings is 1. The molecule has 1 aromatic carbocycles. The molecule has 2 aromatic heterocycles. The molecule has 0 aliphatic heterocycles. The van der Waals surface area contributed by atoms with E-state index in [2.05, 4.69) is 10.3 Å².